The Morgan fingerprint density at radius 2 is 1.11 bits per heavy atom. The van der Waals surface area contributed by atoms with E-state index in [0.717, 1.165) is 24.0 Å². The highest BCUT2D eigenvalue weighted by molar-refractivity contribution is 9.10. The number of benzene rings is 3. The molecule has 4 rings (SSSR count). The van der Waals surface area contributed by atoms with Crippen LogP contribution in [0.25, 0.3) is 21.9 Å². The van der Waals surface area contributed by atoms with Gasteiger partial charge < -0.3 is 10.2 Å². The van der Waals surface area contributed by atoms with E-state index in [9.17, 15) is 9.59 Å². The van der Waals surface area contributed by atoms with Crippen LogP contribution >= 0.6 is 15.9 Å². The molecule has 0 amide bonds. The van der Waals surface area contributed by atoms with Crippen molar-refractivity contribution in [3.63, 3.8) is 0 Å². The fourth-order valence-electron chi connectivity index (χ4n) is 6.58. The predicted molar refractivity (Wildman–Crippen MR) is 198 cm³/mol. The topological polar surface area (TPSA) is 74.6 Å². The van der Waals surface area contributed by atoms with Gasteiger partial charge in [-0.1, -0.05) is 164 Å². The van der Waals surface area contributed by atoms with Gasteiger partial charge in [0.2, 0.25) is 0 Å². The lowest BCUT2D eigenvalue weighted by Gasteiger charge is -2.42. The summed E-state index contributed by atoms with van der Waals surface area (Å²) in [5, 5.41) is 20.3. The van der Waals surface area contributed by atoms with E-state index in [-0.39, 0.29) is 15.7 Å². The Bertz CT molecular complexity index is 1410. The van der Waals surface area contributed by atoms with Gasteiger partial charge in [0, 0.05) is 0 Å². The van der Waals surface area contributed by atoms with E-state index in [1.807, 2.05) is 12.1 Å². The van der Waals surface area contributed by atoms with Crippen LogP contribution in [0.4, 0.5) is 0 Å². The zero-order chi connectivity index (χ0) is 33.7. The molecule has 0 saturated heterocycles. The number of halogens is 1. The van der Waals surface area contributed by atoms with Gasteiger partial charge in [0.25, 0.3) is 0 Å². The molecule has 1 unspecified atom stereocenters. The number of hydrogen-bond acceptors (Lipinski definition) is 2. The van der Waals surface area contributed by atoms with E-state index in [4.69, 9.17) is 10.2 Å². The third kappa shape index (κ3) is 11.2. The minimum Gasteiger partial charge on any atom is -0.480 e. The van der Waals surface area contributed by atoms with Crippen molar-refractivity contribution < 1.29 is 19.8 Å². The number of hydrogen-bond donors (Lipinski definition) is 2. The smallest absolute Gasteiger partial charge is 0.335 e. The second-order valence-corrected chi connectivity index (χ2v) is 15.7. The summed E-state index contributed by atoms with van der Waals surface area (Å²) in [5.41, 5.74) is 5.82. The maximum Gasteiger partial charge on any atom is 0.335 e. The molecular formula is C41H57BrO4. The standard InChI is InChI=1S/C25H26O2.C16H31BrO2/c1-24(2)11-12-25(3,4)22-15-20-13-18(9-10-19(20)14-21(22)24)16-5-7-17(8-6-16)23(26)27;1-2-3-4-5-6-7-8-9-10-11-12-13-14-15(17)16(18)19/h5-10,13-15H,11-12H2,1-4H3,(H,26,27);15H,2-14H2,1H3,(H,18,19). The van der Waals surface area contributed by atoms with Crippen molar-refractivity contribution in [2.24, 2.45) is 0 Å². The molecular weight excluding hydrogens is 636 g/mol. The molecule has 2 N–H and O–H groups in total. The average molecular weight is 694 g/mol. The average Bonchev–Trinajstić information content (AvgIpc) is 3.03. The molecule has 1 aliphatic carbocycles. The molecule has 1 atom stereocenters. The number of aliphatic carboxylic acids is 1. The Morgan fingerprint density at radius 3 is 1.59 bits per heavy atom. The normalized spacial score (nSPS) is 15.4. The summed E-state index contributed by atoms with van der Waals surface area (Å²) in [4.78, 5) is 21.3. The molecule has 252 valence electrons. The van der Waals surface area contributed by atoms with E-state index < -0.39 is 11.9 Å². The molecule has 0 fully saturated rings. The first kappa shape index (κ1) is 37.8. The fraction of sp³-hybridized carbons (Fsp3) is 0.561. The van der Waals surface area contributed by atoms with E-state index in [1.54, 1.807) is 12.1 Å². The highest BCUT2D eigenvalue weighted by Gasteiger charge is 2.37. The summed E-state index contributed by atoms with van der Waals surface area (Å²) < 4.78 is 0. The second kappa shape index (κ2) is 18.0. The molecule has 0 bridgehead atoms. The number of alkyl halides is 1. The molecule has 46 heavy (non-hydrogen) atoms. The molecule has 5 heteroatoms. The van der Waals surface area contributed by atoms with Crippen molar-refractivity contribution in [1.29, 1.82) is 0 Å². The first-order valence-electron chi connectivity index (χ1n) is 17.6. The Hall–Kier alpha value is -2.66. The molecule has 3 aromatic carbocycles. The van der Waals surface area contributed by atoms with Gasteiger partial charge in [-0.3, -0.25) is 4.79 Å². The van der Waals surface area contributed by atoms with Crippen LogP contribution in [0.15, 0.2) is 54.6 Å². The van der Waals surface area contributed by atoms with Crippen molar-refractivity contribution in [3.8, 4) is 11.1 Å². The van der Waals surface area contributed by atoms with Gasteiger partial charge in [0.05, 0.1) is 5.56 Å². The maximum atomic E-state index is 11.1. The first-order chi connectivity index (χ1) is 21.9. The van der Waals surface area contributed by atoms with Crippen LogP contribution in [0, 0.1) is 0 Å². The summed E-state index contributed by atoms with van der Waals surface area (Å²) in [5.74, 6) is -1.63. The zero-order valence-electron chi connectivity index (χ0n) is 29.0. The van der Waals surface area contributed by atoms with Crippen molar-refractivity contribution >= 4 is 38.6 Å². The number of carboxylic acid groups (broad SMARTS) is 2. The molecule has 0 spiro atoms. The summed E-state index contributed by atoms with van der Waals surface area (Å²) >= 11 is 3.17. The van der Waals surface area contributed by atoms with E-state index in [0.29, 0.717) is 5.56 Å². The lowest BCUT2D eigenvalue weighted by Crippen LogP contribution is -2.33. The quantitative estimate of drug-likeness (QED) is 0.116. The van der Waals surface area contributed by atoms with Gasteiger partial charge in [-0.15, -0.1) is 0 Å². The molecule has 1 aliphatic rings. The molecule has 0 radical (unpaired) electrons. The van der Waals surface area contributed by atoms with Gasteiger partial charge in [0.15, 0.2) is 0 Å². The minimum atomic E-state index is -0.892. The van der Waals surface area contributed by atoms with Gasteiger partial charge in [-0.2, -0.15) is 0 Å². The summed E-state index contributed by atoms with van der Waals surface area (Å²) in [6.07, 6.45) is 19.0. The van der Waals surface area contributed by atoms with Crippen molar-refractivity contribution in [2.45, 2.75) is 147 Å². The second-order valence-electron chi connectivity index (χ2n) is 14.6. The number of fused-ring (bicyclic) bond motifs is 2. The lowest BCUT2D eigenvalue weighted by atomic mass is 9.63. The summed E-state index contributed by atoms with van der Waals surface area (Å²) in [7, 11) is 0. The van der Waals surface area contributed by atoms with Crippen molar-refractivity contribution in [1.82, 2.24) is 0 Å². The maximum absolute atomic E-state index is 11.1. The van der Waals surface area contributed by atoms with Crippen LogP contribution < -0.4 is 0 Å². The summed E-state index contributed by atoms with van der Waals surface area (Å²) in [6.45, 7) is 11.7. The zero-order valence-corrected chi connectivity index (χ0v) is 30.6. The Morgan fingerprint density at radius 1 is 0.652 bits per heavy atom. The van der Waals surface area contributed by atoms with Gasteiger partial charge in [0.1, 0.15) is 4.83 Å². The highest BCUT2D eigenvalue weighted by atomic mass is 79.9. The molecule has 0 saturated carbocycles. The number of carbonyl (C=O) groups is 2. The SMILES string of the molecule is CC1(C)CCC(C)(C)c2cc3cc(-c4ccc(C(=O)O)cc4)ccc3cc21.CCCCCCCCCCCCCCC(Br)C(=O)O. The predicted octanol–water partition coefficient (Wildman–Crippen LogP) is 12.5. The largest absolute Gasteiger partial charge is 0.480 e. The number of aromatic carboxylic acids is 1. The molecule has 0 aromatic heterocycles. The fourth-order valence-corrected chi connectivity index (χ4v) is 6.91. The van der Waals surface area contributed by atoms with E-state index in [1.165, 1.54) is 105 Å². The van der Waals surface area contributed by atoms with Crippen molar-refractivity contribution in [3.05, 3.63) is 71.3 Å². The molecule has 3 aromatic rings. The van der Waals surface area contributed by atoms with E-state index in [2.05, 4.69) is 80.9 Å². The van der Waals surface area contributed by atoms with Gasteiger partial charge in [-0.05, 0) is 81.3 Å². The van der Waals surface area contributed by atoms with Crippen LogP contribution in [0.3, 0.4) is 0 Å². The third-order valence-corrected chi connectivity index (χ3v) is 10.7. The van der Waals surface area contributed by atoms with Crippen molar-refractivity contribution in [2.75, 3.05) is 0 Å². The van der Waals surface area contributed by atoms with Crippen LogP contribution in [0.5, 0.6) is 0 Å². The monoisotopic (exact) mass is 692 g/mol. The van der Waals surface area contributed by atoms with Gasteiger partial charge in [-0.25, -0.2) is 4.79 Å². The summed E-state index contributed by atoms with van der Waals surface area (Å²) in [6, 6.07) is 18.4. The molecule has 0 aliphatic heterocycles. The number of carboxylic acids is 2. The lowest BCUT2D eigenvalue weighted by molar-refractivity contribution is -0.136. The van der Waals surface area contributed by atoms with Crippen LogP contribution in [-0.2, 0) is 15.6 Å². The Balaban J connectivity index is 0.000000269. The first-order valence-corrected chi connectivity index (χ1v) is 18.6. The minimum absolute atomic E-state index is 0.193. The highest BCUT2D eigenvalue weighted by Crippen LogP contribution is 2.47. The molecule has 0 heterocycles. The Kier molecular flexibility index (Phi) is 14.8. The number of rotatable bonds is 16. The van der Waals surface area contributed by atoms with E-state index >= 15 is 0 Å². The Labute approximate surface area is 286 Å². The number of unbranched alkanes of at least 4 members (excludes halogenated alkanes) is 11. The van der Waals surface area contributed by atoms with Gasteiger partial charge >= 0.3 is 11.9 Å². The third-order valence-electron chi connectivity index (χ3n) is 9.85. The van der Waals surface area contributed by atoms with Crippen LogP contribution in [-0.4, -0.2) is 27.0 Å². The molecule has 4 nitrogen and oxygen atoms in total. The van der Waals surface area contributed by atoms with Crippen LogP contribution in [0.2, 0.25) is 0 Å². The van der Waals surface area contributed by atoms with Crippen LogP contribution in [0.1, 0.15) is 152 Å².